The van der Waals surface area contributed by atoms with Gasteiger partial charge in [-0.25, -0.2) is 0 Å². The summed E-state index contributed by atoms with van der Waals surface area (Å²) in [5, 5.41) is 2.21. The van der Waals surface area contributed by atoms with Crippen molar-refractivity contribution in [3.8, 4) is 5.75 Å². The van der Waals surface area contributed by atoms with Crippen LogP contribution in [-0.4, -0.2) is 40.9 Å². The van der Waals surface area contributed by atoms with Crippen molar-refractivity contribution in [3.63, 3.8) is 0 Å². The number of rotatable bonds is 8. The number of imide groups is 1. The molecule has 1 N–H and O–H groups in total. The number of para-hydroxylation sites is 2. The number of anilines is 1. The molecule has 1 heterocycles. The Labute approximate surface area is 214 Å². The normalized spacial score (nSPS) is 14.3. The highest BCUT2D eigenvalue weighted by molar-refractivity contribution is 9.10. The maximum Gasteiger partial charge on any atom is 0.293 e. The van der Waals surface area contributed by atoms with Crippen LogP contribution in [0.3, 0.4) is 0 Å². The average molecular weight is 551 g/mol. The summed E-state index contributed by atoms with van der Waals surface area (Å²) in [6.45, 7) is -0.579. The number of amides is 3. The Morgan fingerprint density at radius 1 is 0.943 bits per heavy atom. The predicted octanol–water partition coefficient (Wildman–Crippen LogP) is 5.39. The van der Waals surface area contributed by atoms with Crippen LogP contribution in [0.2, 0.25) is 0 Å². The first-order valence-electron chi connectivity index (χ1n) is 10.5. The van der Waals surface area contributed by atoms with Crippen LogP contribution in [-0.2, 0) is 9.59 Å². The minimum absolute atomic E-state index is 0.170. The molecule has 1 fully saturated rings. The molecule has 3 amide bonds. The SMILES string of the molecule is O=C(COc1ccccc1/C=C1/SC(=O)N(CC(=O)c2ccc(Br)cc2)C1=O)Nc1ccccc1. The Kier molecular flexibility index (Phi) is 7.79. The van der Waals surface area contributed by atoms with Gasteiger partial charge in [0.05, 0.1) is 11.4 Å². The van der Waals surface area contributed by atoms with E-state index in [1.165, 1.54) is 6.08 Å². The Hall–Kier alpha value is -3.69. The fourth-order valence-corrected chi connectivity index (χ4v) is 4.33. The maximum absolute atomic E-state index is 12.9. The molecule has 35 heavy (non-hydrogen) atoms. The van der Waals surface area contributed by atoms with E-state index in [1.807, 2.05) is 18.2 Å². The maximum atomic E-state index is 12.9. The summed E-state index contributed by atoms with van der Waals surface area (Å²) in [5.74, 6) is -0.845. The number of halogens is 1. The zero-order valence-electron chi connectivity index (χ0n) is 18.3. The number of nitrogens with one attached hydrogen (secondary N) is 1. The number of carbonyl (C=O) groups excluding carboxylic acids is 4. The molecule has 176 valence electrons. The molecule has 0 bridgehead atoms. The lowest BCUT2D eigenvalue weighted by atomic mass is 10.1. The van der Waals surface area contributed by atoms with Crippen LogP contribution < -0.4 is 10.1 Å². The number of thioether (sulfide) groups is 1. The van der Waals surface area contributed by atoms with Crippen molar-refractivity contribution < 1.29 is 23.9 Å². The third-order valence-electron chi connectivity index (χ3n) is 4.96. The second-order valence-electron chi connectivity index (χ2n) is 7.44. The smallest absolute Gasteiger partial charge is 0.293 e. The summed E-state index contributed by atoms with van der Waals surface area (Å²) in [6.07, 6.45) is 1.53. The van der Waals surface area contributed by atoms with Gasteiger partial charge < -0.3 is 10.1 Å². The molecule has 4 rings (SSSR count). The van der Waals surface area contributed by atoms with Gasteiger partial charge in [0.15, 0.2) is 12.4 Å². The lowest BCUT2D eigenvalue weighted by molar-refractivity contribution is -0.122. The van der Waals surface area contributed by atoms with Gasteiger partial charge in [0.2, 0.25) is 0 Å². The van der Waals surface area contributed by atoms with E-state index in [9.17, 15) is 19.2 Å². The molecule has 0 spiro atoms. The second-order valence-corrected chi connectivity index (χ2v) is 9.35. The first kappa shape index (κ1) is 24.4. The van der Waals surface area contributed by atoms with Gasteiger partial charge in [0.1, 0.15) is 5.75 Å². The number of hydrogen-bond acceptors (Lipinski definition) is 6. The van der Waals surface area contributed by atoms with Crippen molar-refractivity contribution in [2.75, 3.05) is 18.5 Å². The molecule has 1 aliphatic rings. The average Bonchev–Trinajstić information content (AvgIpc) is 3.11. The van der Waals surface area contributed by atoms with Gasteiger partial charge in [0, 0.05) is 21.3 Å². The van der Waals surface area contributed by atoms with E-state index in [2.05, 4.69) is 21.2 Å². The summed E-state index contributed by atoms with van der Waals surface area (Å²) in [4.78, 5) is 51.2. The lowest BCUT2D eigenvalue weighted by Gasteiger charge is -2.12. The summed E-state index contributed by atoms with van der Waals surface area (Å²) >= 11 is 4.06. The minimum atomic E-state index is -0.554. The first-order chi connectivity index (χ1) is 16.9. The highest BCUT2D eigenvalue weighted by Gasteiger charge is 2.36. The number of benzene rings is 3. The molecule has 1 saturated heterocycles. The monoisotopic (exact) mass is 550 g/mol. The lowest BCUT2D eigenvalue weighted by Crippen LogP contribution is -2.33. The first-order valence-corrected chi connectivity index (χ1v) is 12.1. The molecule has 0 radical (unpaired) electrons. The van der Waals surface area contributed by atoms with Crippen molar-refractivity contribution >= 4 is 62.3 Å². The molecule has 0 atom stereocenters. The van der Waals surface area contributed by atoms with Crippen molar-refractivity contribution in [3.05, 3.63) is 99.4 Å². The quantitative estimate of drug-likeness (QED) is 0.298. The van der Waals surface area contributed by atoms with Crippen LogP contribution >= 0.6 is 27.7 Å². The van der Waals surface area contributed by atoms with Crippen LogP contribution in [0, 0.1) is 0 Å². The number of carbonyl (C=O) groups is 4. The number of Topliss-reactive ketones (excluding diaryl/α,β-unsaturated/α-hetero) is 1. The van der Waals surface area contributed by atoms with Crippen LogP contribution in [0.5, 0.6) is 5.75 Å². The Morgan fingerprint density at radius 3 is 2.37 bits per heavy atom. The minimum Gasteiger partial charge on any atom is -0.483 e. The Balaban J connectivity index is 1.43. The van der Waals surface area contributed by atoms with Gasteiger partial charge in [-0.1, -0.05) is 64.5 Å². The third kappa shape index (κ3) is 6.26. The molecule has 0 aliphatic carbocycles. The number of ketones is 1. The molecular formula is C26H19BrN2O5S. The van der Waals surface area contributed by atoms with Gasteiger partial charge in [-0.2, -0.15) is 0 Å². The second kappa shape index (κ2) is 11.2. The van der Waals surface area contributed by atoms with Crippen LogP contribution in [0.4, 0.5) is 10.5 Å². The highest BCUT2D eigenvalue weighted by Crippen LogP contribution is 2.34. The van der Waals surface area contributed by atoms with Crippen molar-refractivity contribution in [2.24, 2.45) is 0 Å². The largest absolute Gasteiger partial charge is 0.483 e. The van der Waals surface area contributed by atoms with Gasteiger partial charge in [-0.3, -0.25) is 24.1 Å². The third-order valence-corrected chi connectivity index (χ3v) is 6.40. The van der Waals surface area contributed by atoms with E-state index in [0.29, 0.717) is 22.6 Å². The van der Waals surface area contributed by atoms with E-state index in [1.54, 1.807) is 60.7 Å². The zero-order chi connectivity index (χ0) is 24.8. The van der Waals surface area contributed by atoms with Gasteiger partial charge in [-0.05, 0) is 48.2 Å². The highest BCUT2D eigenvalue weighted by atomic mass is 79.9. The molecule has 7 nitrogen and oxygen atoms in total. The molecule has 0 saturated carbocycles. The fourth-order valence-electron chi connectivity index (χ4n) is 3.24. The molecule has 3 aromatic rings. The van der Waals surface area contributed by atoms with Gasteiger partial charge >= 0.3 is 0 Å². The van der Waals surface area contributed by atoms with Crippen molar-refractivity contribution in [2.45, 2.75) is 0 Å². The van der Waals surface area contributed by atoms with Crippen molar-refractivity contribution in [1.82, 2.24) is 4.90 Å². The standard InChI is InChI=1S/C26H19BrN2O5S/c27-19-12-10-17(11-13-19)21(30)15-29-25(32)23(35-26(29)33)14-18-6-4-5-9-22(18)34-16-24(31)28-20-7-2-1-3-8-20/h1-14H,15-16H2,(H,28,31)/b23-14+. The fraction of sp³-hybridized carbons (Fsp3) is 0.0769. The van der Waals surface area contributed by atoms with Crippen LogP contribution in [0.1, 0.15) is 15.9 Å². The van der Waals surface area contributed by atoms with Crippen LogP contribution in [0.15, 0.2) is 88.2 Å². The van der Waals surface area contributed by atoms with Gasteiger partial charge in [-0.15, -0.1) is 0 Å². The summed E-state index contributed by atoms with van der Waals surface area (Å²) in [5.41, 5.74) is 1.59. The summed E-state index contributed by atoms with van der Waals surface area (Å²) in [7, 11) is 0. The number of ether oxygens (including phenoxy) is 1. The summed E-state index contributed by atoms with van der Waals surface area (Å²) in [6, 6.07) is 22.6. The van der Waals surface area contributed by atoms with Gasteiger partial charge in [0.25, 0.3) is 17.1 Å². The predicted molar refractivity (Wildman–Crippen MR) is 138 cm³/mol. The Morgan fingerprint density at radius 2 is 1.63 bits per heavy atom. The van der Waals surface area contributed by atoms with E-state index >= 15 is 0 Å². The topological polar surface area (TPSA) is 92.8 Å². The number of hydrogen-bond donors (Lipinski definition) is 1. The molecule has 3 aromatic carbocycles. The molecular weight excluding hydrogens is 532 g/mol. The Bertz CT molecular complexity index is 1310. The van der Waals surface area contributed by atoms with E-state index in [-0.39, 0.29) is 29.7 Å². The zero-order valence-corrected chi connectivity index (χ0v) is 20.7. The van der Waals surface area contributed by atoms with Crippen LogP contribution in [0.25, 0.3) is 6.08 Å². The molecule has 9 heteroatoms. The van der Waals surface area contributed by atoms with Crippen molar-refractivity contribution in [1.29, 1.82) is 0 Å². The molecule has 0 aromatic heterocycles. The van der Waals surface area contributed by atoms with E-state index in [0.717, 1.165) is 21.1 Å². The number of nitrogens with zero attached hydrogens (tertiary/aromatic N) is 1. The molecule has 1 aliphatic heterocycles. The van der Waals surface area contributed by atoms with E-state index < -0.39 is 11.1 Å². The van der Waals surface area contributed by atoms with E-state index in [4.69, 9.17) is 4.74 Å². The molecule has 0 unspecified atom stereocenters. The summed E-state index contributed by atoms with van der Waals surface area (Å²) < 4.78 is 6.49.